The number of hydrogen-bond donors (Lipinski definition) is 1. The zero-order valence-electron chi connectivity index (χ0n) is 11.1. The zero-order valence-corrected chi connectivity index (χ0v) is 11.9. The molecule has 2 rings (SSSR count). The summed E-state index contributed by atoms with van der Waals surface area (Å²) >= 11 is 1.64. The van der Waals surface area contributed by atoms with Crippen molar-refractivity contribution in [1.82, 2.24) is 9.88 Å². The molecule has 0 saturated carbocycles. The average Bonchev–Trinajstić information content (AvgIpc) is 2.92. The van der Waals surface area contributed by atoms with Crippen LogP contribution < -0.4 is 5.32 Å². The standard InChI is InChI=1S/C14H17N3OS/c1-3-15-13-5-4-12(8-16-13)14(18)17(2)9-11-6-7-19-10-11/h4-8,10H,3,9H2,1-2H3,(H,15,16). The third-order valence-corrected chi connectivity index (χ3v) is 3.45. The number of nitrogens with one attached hydrogen (secondary N) is 1. The predicted molar refractivity (Wildman–Crippen MR) is 78.5 cm³/mol. The number of nitrogens with zero attached hydrogens (tertiary/aromatic N) is 2. The Kier molecular flexibility index (Phi) is 4.52. The van der Waals surface area contributed by atoms with Crippen LogP contribution in [0.3, 0.4) is 0 Å². The average molecular weight is 275 g/mol. The fraction of sp³-hybridized carbons (Fsp3) is 0.286. The molecule has 0 aliphatic carbocycles. The van der Waals surface area contributed by atoms with Crippen molar-refractivity contribution in [3.8, 4) is 0 Å². The van der Waals surface area contributed by atoms with Crippen LogP contribution in [-0.2, 0) is 6.54 Å². The van der Waals surface area contributed by atoms with E-state index in [0.29, 0.717) is 12.1 Å². The first-order valence-electron chi connectivity index (χ1n) is 6.17. The van der Waals surface area contributed by atoms with E-state index in [2.05, 4.69) is 15.7 Å². The van der Waals surface area contributed by atoms with Crippen LogP contribution in [0.25, 0.3) is 0 Å². The topological polar surface area (TPSA) is 45.2 Å². The van der Waals surface area contributed by atoms with Gasteiger partial charge in [0.15, 0.2) is 0 Å². The number of pyridine rings is 1. The number of amides is 1. The van der Waals surface area contributed by atoms with Crippen LogP contribution in [0, 0.1) is 0 Å². The third-order valence-electron chi connectivity index (χ3n) is 2.71. The van der Waals surface area contributed by atoms with Gasteiger partial charge in [-0.05, 0) is 41.4 Å². The van der Waals surface area contributed by atoms with E-state index in [1.54, 1.807) is 35.5 Å². The molecule has 0 aromatic carbocycles. The van der Waals surface area contributed by atoms with Crippen LogP contribution in [0.1, 0.15) is 22.8 Å². The summed E-state index contributed by atoms with van der Waals surface area (Å²) in [5, 5.41) is 7.17. The molecule has 1 N–H and O–H groups in total. The molecule has 0 atom stereocenters. The highest BCUT2D eigenvalue weighted by atomic mass is 32.1. The second-order valence-electron chi connectivity index (χ2n) is 4.26. The van der Waals surface area contributed by atoms with E-state index < -0.39 is 0 Å². The van der Waals surface area contributed by atoms with Gasteiger partial charge in [-0.1, -0.05) is 0 Å². The summed E-state index contributed by atoms with van der Waals surface area (Å²) in [6.07, 6.45) is 1.62. The van der Waals surface area contributed by atoms with Gasteiger partial charge >= 0.3 is 0 Å². The summed E-state index contributed by atoms with van der Waals surface area (Å²) in [6.45, 7) is 3.45. The van der Waals surface area contributed by atoms with Gasteiger partial charge in [0.1, 0.15) is 5.82 Å². The Morgan fingerprint density at radius 1 is 1.42 bits per heavy atom. The van der Waals surface area contributed by atoms with Gasteiger partial charge in [0.25, 0.3) is 5.91 Å². The van der Waals surface area contributed by atoms with Crippen molar-refractivity contribution in [2.75, 3.05) is 18.9 Å². The molecule has 0 unspecified atom stereocenters. The minimum atomic E-state index is -0.0123. The van der Waals surface area contributed by atoms with E-state index in [0.717, 1.165) is 17.9 Å². The molecule has 0 fully saturated rings. The first kappa shape index (κ1) is 13.5. The molecule has 2 aromatic rings. The Bertz CT molecular complexity index is 522. The fourth-order valence-corrected chi connectivity index (χ4v) is 2.41. The van der Waals surface area contributed by atoms with Crippen molar-refractivity contribution < 1.29 is 4.79 Å². The van der Waals surface area contributed by atoms with Gasteiger partial charge in [-0.25, -0.2) is 4.98 Å². The summed E-state index contributed by atoms with van der Waals surface area (Å²) in [5.74, 6) is 0.779. The summed E-state index contributed by atoms with van der Waals surface area (Å²) in [6, 6.07) is 5.66. The van der Waals surface area contributed by atoms with Gasteiger partial charge in [-0.3, -0.25) is 4.79 Å². The van der Waals surface area contributed by atoms with Crippen LogP contribution in [0.15, 0.2) is 35.2 Å². The largest absolute Gasteiger partial charge is 0.370 e. The molecular weight excluding hydrogens is 258 g/mol. The summed E-state index contributed by atoms with van der Waals surface area (Å²) in [4.78, 5) is 18.1. The highest BCUT2D eigenvalue weighted by Crippen LogP contribution is 2.12. The Morgan fingerprint density at radius 2 is 2.26 bits per heavy atom. The number of carbonyl (C=O) groups is 1. The van der Waals surface area contributed by atoms with Crippen LogP contribution in [0.5, 0.6) is 0 Å². The first-order valence-corrected chi connectivity index (χ1v) is 7.11. The third kappa shape index (κ3) is 3.54. The lowest BCUT2D eigenvalue weighted by Gasteiger charge is -2.16. The molecule has 0 saturated heterocycles. The molecule has 100 valence electrons. The minimum Gasteiger partial charge on any atom is -0.370 e. The number of rotatable bonds is 5. The first-order chi connectivity index (χ1) is 9.20. The lowest BCUT2D eigenvalue weighted by atomic mass is 10.2. The van der Waals surface area contributed by atoms with E-state index in [1.807, 2.05) is 24.4 Å². The maximum absolute atomic E-state index is 12.2. The lowest BCUT2D eigenvalue weighted by molar-refractivity contribution is 0.0785. The Hall–Kier alpha value is -1.88. The second kappa shape index (κ2) is 6.33. The van der Waals surface area contributed by atoms with Crippen LogP contribution in [-0.4, -0.2) is 29.4 Å². The monoisotopic (exact) mass is 275 g/mol. The molecule has 1 amide bonds. The maximum atomic E-state index is 12.2. The maximum Gasteiger partial charge on any atom is 0.255 e. The molecular formula is C14H17N3OS. The van der Waals surface area contributed by atoms with Gasteiger partial charge in [0.05, 0.1) is 5.56 Å². The van der Waals surface area contributed by atoms with Crippen molar-refractivity contribution in [2.45, 2.75) is 13.5 Å². The number of aromatic nitrogens is 1. The summed E-state index contributed by atoms with van der Waals surface area (Å²) in [7, 11) is 1.80. The number of anilines is 1. The number of hydrogen-bond acceptors (Lipinski definition) is 4. The quantitative estimate of drug-likeness (QED) is 0.912. The summed E-state index contributed by atoms with van der Waals surface area (Å²) < 4.78 is 0. The molecule has 2 aromatic heterocycles. The van der Waals surface area contributed by atoms with Gasteiger partial charge < -0.3 is 10.2 Å². The Balaban J connectivity index is 2.02. The molecule has 0 spiro atoms. The Morgan fingerprint density at radius 3 is 2.84 bits per heavy atom. The SMILES string of the molecule is CCNc1ccc(C(=O)N(C)Cc2ccsc2)cn1. The van der Waals surface area contributed by atoms with Gasteiger partial charge in [-0.2, -0.15) is 11.3 Å². The Labute approximate surface area is 117 Å². The molecule has 4 nitrogen and oxygen atoms in total. The molecule has 0 radical (unpaired) electrons. The highest BCUT2D eigenvalue weighted by Gasteiger charge is 2.12. The van der Waals surface area contributed by atoms with Crippen LogP contribution in [0.4, 0.5) is 5.82 Å². The molecule has 0 bridgehead atoms. The van der Waals surface area contributed by atoms with Crippen molar-refractivity contribution in [3.05, 3.63) is 46.3 Å². The predicted octanol–water partition coefficient (Wildman–Crippen LogP) is 2.85. The molecule has 0 aliphatic heterocycles. The minimum absolute atomic E-state index is 0.0123. The second-order valence-corrected chi connectivity index (χ2v) is 5.04. The normalized spacial score (nSPS) is 10.2. The zero-order chi connectivity index (χ0) is 13.7. The van der Waals surface area contributed by atoms with Crippen LogP contribution in [0.2, 0.25) is 0 Å². The molecule has 0 aliphatic rings. The van der Waals surface area contributed by atoms with Crippen LogP contribution >= 0.6 is 11.3 Å². The van der Waals surface area contributed by atoms with E-state index in [9.17, 15) is 4.79 Å². The van der Waals surface area contributed by atoms with Crippen molar-refractivity contribution >= 4 is 23.1 Å². The number of carbonyl (C=O) groups excluding carboxylic acids is 1. The van der Waals surface area contributed by atoms with E-state index in [-0.39, 0.29) is 5.91 Å². The van der Waals surface area contributed by atoms with Gasteiger partial charge in [-0.15, -0.1) is 0 Å². The molecule has 2 heterocycles. The fourth-order valence-electron chi connectivity index (χ4n) is 1.75. The molecule has 19 heavy (non-hydrogen) atoms. The van der Waals surface area contributed by atoms with Gasteiger partial charge in [0, 0.05) is 26.3 Å². The molecule has 5 heteroatoms. The van der Waals surface area contributed by atoms with Crippen molar-refractivity contribution in [3.63, 3.8) is 0 Å². The van der Waals surface area contributed by atoms with E-state index in [4.69, 9.17) is 0 Å². The lowest BCUT2D eigenvalue weighted by Crippen LogP contribution is -2.26. The van der Waals surface area contributed by atoms with E-state index in [1.165, 1.54) is 0 Å². The number of thiophene rings is 1. The van der Waals surface area contributed by atoms with Crippen molar-refractivity contribution in [2.24, 2.45) is 0 Å². The smallest absolute Gasteiger partial charge is 0.255 e. The van der Waals surface area contributed by atoms with Crippen molar-refractivity contribution in [1.29, 1.82) is 0 Å². The van der Waals surface area contributed by atoms with E-state index >= 15 is 0 Å². The van der Waals surface area contributed by atoms with Gasteiger partial charge in [0.2, 0.25) is 0 Å². The summed E-state index contributed by atoms with van der Waals surface area (Å²) in [5.41, 5.74) is 1.76. The highest BCUT2D eigenvalue weighted by molar-refractivity contribution is 7.07.